The van der Waals surface area contributed by atoms with Gasteiger partial charge in [0.1, 0.15) is 0 Å². The Labute approximate surface area is 181 Å². The second kappa shape index (κ2) is 9.64. The van der Waals surface area contributed by atoms with Crippen LogP contribution in [0, 0.1) is 0 Å². The molecular formula is C24H28N2O5. The summed E-state index contributed by atoms with van der Waals surface area (Å²) in [4.78, 5) is 36.6. The van der Waals surface area contributed by atoms with E-state index in [1.54, 1.807) is 24.3 Å². The zero-order valence-corrected chi connectivity index (χ0v) is 18.3. The molecule has 3 rings (SSSR count). The summed E-state index contributed by atoms with van der Waals surface area (Å²) in [5.74, 6) is -1.01. The van der Waals surface area contributed by atoms with Crippen LogP contribution in [-0.2, 0) is 20.9 Å². The minimum atomic E-state index is -0.562. The van der Waals surface area contributed by atoms with E-state index in [0.29, 0.717) is 11.1 Å². The molecule has 0 saturated carbocycles. The van der Waals surface area contributed by atoms with E-state index in [9.17, 15) is 14.4 Å². The van der Waals surface area contributed by atoms with Gasteiger partial charge in [-0.05, 0) is 35.1 Å². The largest absolute Gasteiger partial charge is 0.456 e. The second-order valence-electron chi connectivity index (χ2n) is 8.07. The summed E-state index contributed by atoms with van der Waals surface area (Å²) in [5, 5.41) is 2.91. The lowest BCUT2D eigenvalue weighted by molar-refractivity contribution is -0.147. The summed E-state index contributed by atoms with van der Waals surface area (Å²) in [6.45, 7) is 7.99. The average molecular weight is 424 g/mol. The fourth-order valence-electron chi connectivity index (χ4n) is 3.52. The summed E-state index contributed by atoms with van der Waals surface area (Å²) in [6.07, 6.45) is -0.0451. The van der Waals surface area contributed by atoms with Gasteiger partial charge in [-0.1, -0.05) is 58.0 Å². The first-order valence-electron chi connectivity index (χ1n) is 10.4. The lowest BCUT2D eigenvalue weighted by atomic mass is 9.92. The van der Waals surface area contributed by atoms with Crippen LogP contribution in [-0.4, -0.2) is 23.1 Å². The Bertz CT molecular complexity index is 1110. The molecule has 1 heterocycles. The van der Waals surface area contributed by atoms with Crippen LogP contribution in [0.25, 0.3) is 11.1 Å². The van der Waals surface area contributed by atoms with Crippen molar-refractivity contribution in [2.45, 2.75) is 52.5 Å². The van der Waals surface area contributed by atoms with E-state index in [0.717, 1.165) is 16.8 Å². The van der Waals surface area contributed by atoms with Crippen molar-refractivity contribution in [3.63, 3.8) is 0 Å². The average Bonchev–Trinajstić information content (AvgIpc) is 3.05. The summed E-state index contributed by atoms with van der Waals surface area (Å²) in [6, 6.07) is 13.0. The second-order valence-corrected chi connectivity index (χ2v) is 8.07. The minimum absolute atomic E-state index is 0.0451. The third-order valence-corrected chi connectivity index (χ3v) is 5.11. The smallest absolute Gasteiger partial charge is 0.419 e. The Morgan fingerprint density at radius 3 is 2.29 bits per heavy atom. The number of nitrogens with one attached hydrogen (secondary N) is 1. The highest BCUT2D eigenvalue weighted by atomic mass is 16.5. The van der Waals surface area contributed by atoms with Crippen molar-refractivity contribution in [3.05, 3.63) is 64.1 Å². The van der Waals surface area contributed by atoms with Gasteiger partial charge in [-0.15, -0.1) is 0 Å². The monoisotopic (exact) mass is 424 g/mol. The molecule has 0 atom stereocenters. The number of hydrogen-bond donors (Lipinski definition) is 1. The van der Waals surface area contributed by atoms with E-state index in [2.05, 4.69) is 33.0 Å². The molecule has 164 valence electrons. The van der Waals surface area contributed by atoms with Crippen LogP contribution < -0.4 is 11.1 Å². The number of carbonyl (C=O) groups is 2. The number of ether oxygens (including phenoxy) is 1. The Hall–Kier alpha value is -3.35. The molecule has 3 aromatic rings. The number of oxazole rings is 1. The molecule has 0 aliphatic carbocycles. The fourth-order valence-corrected chi connectivity index (χ4v) is 3.52. The lowest BCUT2D eigenvalue weighted by Crippen LogP contribution is -2.24. The zero-order valence-electron chi connectivity index (χ0n) is 18.3. The van der Waals surface area contributed by atoms with Crippen molar-refractivity contribution in [2.24, 2.45) is 0 Å². The number of hydrogen-bond acceptors (Lipinski definition) is 5. The van der Waals surface area contributed by atoms with Gasteiger partial charge in [0.2, 0.25) is 0 Å². The SMILES string of the molecule is CC(C)c1cccc(C(C)C)c1NC(=O)COC(=O)CCn1c(=O)oc2ccccc21. The predicted octanol–water partition coefficient (Wildman–Crippen LogP) is 4.41. The molecule has 7 heteroatoms. The third-order valence-electron chi connectivity index (χ3n) is 5.11. The molecular weight excluding hydrogens is 396 g/mol. The quantitative estimate of drug-likeness (QED) is 0.541. The van der Waals surface area contributed by atoms with Gasteiger partial charge in [-0.2, -0.15) is 0 Å². The molecule has 0 aliphatic heterocycles. The molecule has 0 aliphatic rings. The van der Waals surface area contributed by atoms with Crippen molar-refractivity contribution in [1.82, 2.24) is 4.57 Å². The highest BCUT2D eigenvalue weighted by Crippen LogP contribution is 2.32. The summed E-state index contributed by atoms with van der Waals surface area (Å²) >= 11 is 0. The molecule has 0 radical (unpaired) electrons. The fraction of sp³-hybridized carbons (Fsp3) is 0.375. The number of benzene rings is 2. The molecule has 7 nitrogen and oxygen atoms in total. The molecule has 0 spiro atoms. The van der Waals surface area contributed by atoms with Crippen molar-refractivity contribution >= 4 is 28.7 Å². The van der Waals surface area contributed by atoms with Crippen LogP contribution >= 0.6 is 0 Å². The van der Waals surface area contributed by atoms with Gasteiger partial charge in [0, 0.05) is 12.2 Å². The normalized spacial score (nSPS) is 11.3. The summed E-state index contributed by atoms with van der Waals surface area (Å²) in [5.41, 5.74) is 3.94. The van der Waals surface area contributed by atoms with Crippen molar-refractivity contribution in [2.75, 3.05) is 11.9 Å². The Kier molecular flexibility index (Phi) is 6.95. The molecule has 1 amide bonds. The molecule has 2 aromatic carbocycles. The van der Waals surface area contributed by atoms with E-state index in [1.807, 2.05) is 18.2 Å². The number of aromatic nitrogens is 1. The van der Waals surface area contributed by atoms with E-state index in [-0.39, 0.29) is 31.4 Å². The van der Waals surface area contributed by atoms with Gasteiger partial charge < -0.3 is 14.5 Å². The first-order chi connectivity index (χ1) is 14.8. The van der Waals surface area contributed by atoms with E-state index >= 15 is 0 Å². The number of amides is 1. The van der Waals surface area contributed by atoms with Crippen molar-refractivity contribution in [3.8, 4) is 0 Å². The molecule has 0 bridgehead atoms. The molecule has 1 aromatic heterocycles. The number of carbonyl (C=O) groups excluding carboxylic acids is 2. The maximum atomic E-state index is 12.5. The zero-order chi connectivity index (χ0) is 22.5. The first-order valence-corrected chi connectivity index (χ1v) is 10.4. The van der Waals surface area contributed by atoms with Crippen LogP contribution in [0.5, 0.6) is 0 Å². The Morgan fingerprint density at radius 1 is 1.00 bits per heavy atom. The highest BCUT2D eigenvalue weighted by Gasteiger charge is 2.17. The van der Waals surface area contributed by atoms with Gasteiger partial charge in [-0.3, -0.25) is 14.2 Å². The van der Waals surface area contributed by atoms with Crippen LogP contribution in [0.4, 0.5) is 5.69 Å². The number of aryl methyl sites for hydroxylation is 1. The number of anilines is 1. The summed E-state index contributed by atoms with van der Waals surface area (Å²) < 4.78 is 11.7. The topological polar surface area (TPSA) is 90.5 Å². The van der Waals surface area contributed by atoms with Gasteiger partial charge in [0.15, 0.2) is 12.2 Å². The Balaban J connectivity index is 1.59. The lowest BCUT2D eigenvalue weighted by Gasteiger charge is -2.20. The maximum Gasteiger partial charge on any atom is 0.419 e. The highest BCUT2D eigenvalue weighted by molar-refractivity contribution is 5.94. The van der Waals surface area contributed by atoms with Crippen LogP contribution in [0.1, 0.15) is 57.1 Å². The number of nitrogens with zero attached hydrogens (tertiary/aromatic N) is 1. The van der Waals surface area contributed by atoms with Gasteiger partial charge in [0.05, 0.1) is 11.9 Å². The number of fused-ring (bicyclic) bond motifs is 1. The van der Waals surface area contributed by atoms with Gasteiger partial charge >= 0.3 is 11.7 Å². The first kappa shape index (κ1) is 22.3. The molecule has 31 heavy (non-hydrogen) atoms. The third kappa shape index (κ3) is 5.23. The Morgan fingerprint density at radius 2 is 1.65 bits per heavy atom. The molecule has 0 saturated heterocycles. The van der Waals surface area contributed by atoms with Crippen molar-refractivity contribution in [1.29, 1.82) is 0 Å². The van der Waals surface area contributed by atoms with Gasteiger partial charge in [0.25, 0.3) is 5.91 Å². The summed E-state index contributed by atoms with van der Waals surface area (Å²) in [7, 11) is 0. The standard InChI is InChI=1S/C24H28N2O5/c1-15(2)17-8-7-9-18(16(3)4)23(17)25-21(27)14-30-22(28)12-13-26-19-10-5-6-11-20(19)31-24(26)29/h5-11,15-16H,12-14H2,1-4H3,(H,25,27). The molecule has 0 unspecified atom stereocenters. The minimum Gasteiger partial charge on any atom is -0.456 e. The number of esters is 1. The van der Waals surface area contributed by atoms with E-state index in [1.165, 1.54) is 4.57 Å². The van der Waals surface area contributed by atoms with Crippen LogP contribution in [0.2, 0.25) is 0 Å². The predicted molar refractivity (Wildman–Crippen MR) is 119 cm³/mol. The number of para-hydroxylation sites is 3. The van der Waals surface area contributed by atoms with E-state index < -0.39 is 17.6 Å². The van der Waals surface area contributed by atoms with Crippen LogP contribution in [0.15, 0.2) is 51.7 Å². The molecule has 0 fully saturated rings. The number of rotatable bonds is 8. The van der Waals surface area contributed by atoms with Crippen molar-refractivity contribution < 1.29 is 18.7 Å². The van der Waals surface area contributed by atoms with Gasteiger partial charge in [-0.25, -0.2) is 4.79 Å². The molecule has 1 N–H and O–H groups in total. The van der Waals surface area contributed by atoms with E-state index in [4.69, 9.17) is 9.15 Å². The van der Waals surface area contributed by atoms with Crippen LogP contribution in [0.3, 0.4) is 0 Å². The maximum absolute atomic E-state index is 12.5.